The lowest BCUT2D eigenvalue weighted by molar-refractivity contribution is -0.0701. The number of hydrogen-bond acceptors (Lipinski definition) is 3. The first-order valence-electron chi connectivity index (χ1n) is 4.97. The van der Waals surface area contributed by atoms with Crippen molar-refractivity contribution in [2.45, 2.75) is 13.0 Å². The van der Waals surface area contributed by atoms with Crippen LogP contribution in [0.5, 0.6) is 0 Å². The summed E-state index contributed by atoms with van der Waals surface area (Å²) in [4.78, 5) is 11.9. The average molecular weight is 362 g/mol. The Labute approximate surface area is 116 Å². The van der Waals surface area contributed by atoms with Crippen molar-refractivity contribution >= 4 is 50.0 Å². The molecule has 0 aliphatic rings. The largest absolute Gasteiger partial charge is 0.350 e. The zero-order valence-corrected chi connectivity index (χ0v) is 12.0. The fourth-order valence-electron chi connectivity index (χ4n) is 1.60. The number of nitrogens with zero attached hydrogens (tertiary/aromatic N) is 1. The van der Waals surface area contributed by atoms with Crippen LogP contribution in [0.1, 0.15) is 17.8 Å². The first-order valence-corrected chi connectivity index (χ1v) is 6.86. The summed E-state index contributed by atoms with van der Waals surface area (Å²) in [7, 11) is 0. The fourth-order valence-corrected chi connectivity index (χ4v) is 4.17. The minimum atomic E-state index is -0.842. The highest BCUT2D eigenvalue weighted by Crippen LogP contribution is 2.37. The zero-order chi connectivity index (χ0) is 12.6. The van der Waals surface area contributed by atoms with E-state index in [2.05, 4.69) is 22.6 Å². The Morgan fingerprint density at radius 3 is 2.76 bits per heavy atom. The van der Waals surface area contributed by atoms with E-state index in [4.69, 9.17) is 5.73 Å². The molecule has 0 aliphatic heterocycles. The Morgan fingerprint density at radius 1 is 1.53 bits per heavy atom. The quantitative estimate of drug-likeness (QED) is 0.489. The molecule has 1 aromatic carbocycles. The number of amides is 2. The molecular formula is C11H11IN2O2S. The molecule has 0 saturated carbocycles. The second-order valence-electron chi connectivity index (χ2n) is 3.64. The minimum Gasteiger partial charge on any atom is -0.350 e. The van der Waals surface area contributed by atoms with E-state index in [0.717, 1.165) is 18.5 Å². The predicted octanol–water partition coefficient (Wildman–Crippen LogP) is 3.34. The second kappa shape index (κ2) is 4.79. The van der Waals surface area contributed by atoms with Gasteiger partial charge >= 0.3 is 6.03 Å². The molecule has 2 rings (SSSR count). The summed E-state index contributed by atoms with van der Waals surface area (Å²) < 4.78 is 2.19. The standard InChI is InChI=1S/C11H11IN2O2S/c1-6(14(16)11(13)15)10-9(12)7-4-2-3-5-8(7)17-10/h2-6,16H,1H3,(H2,13,15). The minimum absolute atomic E-state index is 0.434. The Balaban J connectivity index is 2.49. The first-order chi connectivity index (χ1) is 8.02. The van der Waals surface area contributed by atoms with Gasteiger partial charge in [-0.05, 0) is 35.6 Å². The van der Waals surface area contributed by atoms with Crippen molar-refractivity contribution in [2.75, 3.05) is 0 Å². The molecule has 4 nitrogen and oxygen atoms in total. The monoisotopic (exact) mass is 362 g/mol. The van der Waals surface area contributed by atoms with E-state index in [1.54, 1.807) is 18.3 Å². The molecule has 2 aromatic rings. The maximum absolute atomic E-state index is 10.9. The molecule has 2 amide bonds. The van der Waals surface area contributed by atoms with Crippen molar-refractivity contribution in [1.82, 2.24) is 5.06 Å². The summed E-state index contributed by atoms with van der Waals surface area (Å²) in [6.45, 7) is 1.75. The predicted molar refractivity (Wildman–Crippen MR) is 76.2 cm³/mol. The second-order valence-corrected chi connectivity index (χ2v) is 5.80. The van der Waals surface area contributed by atoms with E-state index in [0.29, 0.717) is 5.06 Å². The van der Waals surface area contributed by atoms with Gasteiger partial charge in [0.25, 0.3) is 0 Å². The number of urea groups is 1. The van der Waals surface area contributed by atoms with Crippen molar-refractivity contribution in [3.63, 3.8) is 0 Å². The molecular weight excluding hydrogens is 351 g/mol. The van der Waals surface area contributed by atoms with Crippen LogP contribution in [-0.4, -0.2) is 16.3 Å². The normalized spacial score (nSPS) is 12.6. The van der Waals surface area contributed by atoms with Gasteiger partial charge in [-0.2, -0.15) is 5.06 Å². The van der Waals surface area contributed by atoms with Gasteiger partial charge in [-0.3, -0.25) is 5.21 Å². The number of fused-ring (bicyclic) bond motifs is 1. The van der Waals surface area contributed by atoms with Gasteiger partial charge in [0, 0.05) is 18.5 Å². The molecule has 0 fully saturated rings. The number of carbonyl (C=O) groups excluding carboxylic acids is 1. The molecule has 1 atom stereocenters. The molecule has 0 aliphatic carbocycles. The highest BCUT2D eigenvalue weighted by Gasteiger charge is 2.22. The van der Waals surface area contributed by atoms with E-state index < -0.39 is 12.1 Å². The lowest BCUT2D eigenvalue weighted by Crippen LogP contribution is -2.34. The number of nitrogens with two attached hydrogens (primary N) is 1. The van der Waals surface area contributed by atoms with Crippen LogP contribution in [0.3, 0.4) is 0 Å². The van der Waals surface area contributed by atoms with Crippen molar-refractivity contribution in [3.05, 3.63) is 32.7 Å². The molecule has 1 unspecified atom stereocenters. The molecule has 0 spiro atoms. The topological polar surface area (TPSA) is 66.6 Å². The zero-order valence-electron chi connectivity index (χ0n) is 9.05. The maximum Gasteiger partial charge on any atom is 0.339 e. The summed E-state index contributed by atoms with van der Waals surface area (Å²) >= 11 is 3.79. The van der Waals surface area contributed by atoms with Crippen LogP contribution in [-0.2, 0) is 0 Å². The third kappa shape index (κ3) is 2.24. The number of primary amides is 1. The Morgan fingerprint density at radius 2 is 2.18 bits per heavy atom. The van der Waals surface area contributed by atoms with Crippen molar-refractivity contribution in [1.29, 1.82) is 0 Å². The number of rotatable bonds is 2. The third-order valence-electron chi connectivity index (χ3n) is 2.53. The van der Waals surface area contributed by atoms with Crippen LogP contribution < -0.4 is 5.73 Å². The van der Waals surface area contributed by atoms with Crippen LogP contribution in [0.2, 0.25) is 0 Å². The molecule has 0 radical (unpaired) electrons. The SMILES string of the molecule is CC(c1sc2ccccc2c1I)N(O)C(N)=O. The van der Waals surface area contributed by atoms with Crippen LogP contribution in [0.25, 0.3) is 10.1 Å². The van der Waals surface area contributed by atoms with Gasteiger partial charge in [0.05, 0.1) is 6.04 Å². The smallest absolute Gasteiger partial charge is 0.339 e. The molecule has 1 aromatic heterocycles. The number of hydroxylamine groups is 2. The molecule has 0 bridgehead atoms. The van der Waals surface area contributed by atoms with Crippen molar-refractivity contribution in [3.8, 4) is 0 Å². The van der Waals surface area contributed by atoms with Gasteiger partial charge in [0.1, 0.15) is 0 Å². The highest BCUT2D eigenvalue weighted by molar-refractivity contribution is 14.1. The number of hydrogen-bond donors (Lipinski definition) is 2. The molecule has 90 valence electrons. The van der Waals surface area contributed by atoms with E-state index in [9.17, 15) is 10.0 Å². The molecule has 3 N–H and O–H groups in total. The summed E-state index contributed by atoms with van der Waals surface area (Å²) in [5, 5.41) is 11.3. The van der Waals surface area contributed by atoms with E-state index in [-0.39, 0.29) is 0 Å². The van der Waals surface area contributed by atoms with Gasteiger partial charge in [0.15, 0.2) is 0 Å². The van der Waals surface area contributed by atoms with Gasteiger partial charge < -0.3 is 5.73 Å². The lowest BCUT2D eigenvalue weighted by Gasteiger charge is -2.19. The van der Waals surface area contributed by atoms with Crippen molar-refractivity contribution in [2.24, 2.45) is 5.73 Å². The molecule has 0 saturated heterocycles. The fraction of sp³-hybridized carbons (Fsp3) is 0.182. The van der Waals surface area contributed by atoms with Gasteiger partial charge in [-0.25, -0.2) is 4.79 Å². The molecule has 6 heteroatoms. The summed E-state index contributed by atoms with van der Waals surface area (Å²) in [5.41, 5.74) is 5.06. The number of benzene rings is 1. The summed E-state index contributed by atoms with van der Waals surface area (Å²) in [6.07, 6.45) is 0. The van der Waals surface area contributed by atoms with Crippen LogP contribution in [0.15, 0.2) is 24.3 Å². The van der Waals surface area contributed by atoms with Crippen molar-refractivity contribution < 1.29 is 10.0 Å². The van der Waals surface area contributed by atoms with E-state index in [1.807, 2.05) is 24.3 Å². The average Bonchev–Trinajstić information content (AvgIpc) is 2.65. The summed E-state index contributed by atoms with van der Waals surface area (Å²) in [5.74, 6) is 0. The Kier molecular flexibility index (Phi) is 3.55. The third-order valence-corrected chi connectivity index (χ3v) is 5.40. The van der Waals surface area contributed by atoms with Crippen LogP contribution in [0, 0.1) is 3.57 Å². The number of carbonyl (C=O) groups is 1. The van der Waals surface area contributed by atoms with Gasteiger partial charge in [-0.1, -0.05) is 18.2 Å². The van der Waals surface area contributed by atoms with E-state index in [1.165, 1.54) is 0 Å². The number of halogens is 1. The molecule has 1 heterocycles. The van der Waals surface area contributed by atoms with Crippen LogP contribution >= 0.6 is 33.9 Å². The summed E-state index contributed by atoms with van der Waals surface area (Å²) in [6, 6.07) is 6.70. The first kappa shape index (κ1) is 12.6. The molecule has 17 heavy (non-hydrogen) atoms. The Bertz CT molecular complexity index is 570. The number of thiophene rings is 1. The van der Waals surface area contributed by atoms with Gasteiger partial charge in [0.2, 0.25) is 0 Å². The highest BCUT2D eigenvalue weighted by atomic mass is 127. The van der Waals surface area contributed by atoms with E-state index >= 15 is 0 Å². The van der Waals surface area contributed by atoms with Gasteiger partial charge in [-0.15, -0.1) is 11.3 Å². The maximum atomic E-state index is 10.9. The lowest BCUT2D eigenvalue weighted by atomic mass is 10.2. The van der Waals surface area contributed by atoms with Crippen LogP contribution in [0.4, 0.5) is 4.79 Å². The Hall–Kier alpha value is -0.860.